The van der Waals surface area contributed by atoms with Crippen LogP contribution in [0.2, 0.25) is 0 Å². The molecule has 120 valence electrons. The van der Waals surface area contributed by atoms with Crippen molar-refractivity contribution in [2.24, 2.45) is 0 Å². The third-order valence-electron chi connectivity index (χ3n) is 3.32. The molecule has 22 heavy (non-hydrogen) atoms. The van der Waals surface area contributed by atoms with Gasteiger partial charge in [0.1, 0.15) is 6.04 Å². The number of alkyl halides is 3. The fraction of sp³-hybridized carbons (Fsp3) is 0.385. The van der Waals surface area contributed by atoms with Crippen LogP contribution in [0.5, 0.6) is 11.5 Å². The molecule has 1 aromatic carbocycles. The molecule has 1 unspecified atom stereocenters. The van der Waals surface area contributed by atoms with Gasteiger partial charge in [-0.1, -0.05) is 0 Å². The first-order valence-electron chi connectivity index (χ1n) is 6.08. The predicted octanol–water partition coefficient (Wildman–Crippen LogP) is 1.61. The second kappa shape index (κ2) is 5.39. The number of aliphatic carboxylic acids is 1. The molecule has 0 radical (unpaired) electrons. The second-order valence-corrected chi connectivity index (χ2v) is 4.57. The molecular formula is C13H12F3NO5. The van der Waals surface area contributed by atoms with Crippen LogP contribution < -0.4 is 14.4 Å². The quantitative estimate of drug-likeness (QED) is 0.916. The summed E-state index contributed by atoms with van der Waals surface area (Å²) in [5.41, 5.74) is 0.120. The molecule has 0 saturated heterocycles. The summed E-state index contributed by atoms with van der Waals surface area (Å²) < 4.78 is 48.2. The predicted molar refractivity (Wildman–Crippen MR) is 68.2 cm³/mol. The van der Waals surface area contributed by atoms with E-state index in [9.17, 15) is 22.8 Å². The van der Waals surface area contributed by atoms with Crippen LogP contribution in [0.15, 0.2) is 12.1 Å². The summed E-state index contributed by atoms with van der Waals surface area (Å²) in [6.45, 7) is 0. The Bertz CT molecular complexity index is 629. The summed E-state index contributed by atoms with van der Waals surface area (Å²) >= 11 is 0. The van der Waals surface area contributed by atoms with E-state index in [0.29, 0.717) is 0 Å². The number of hydrogen-bond donors (Lipinski definition) is 1. The Kier molecular flexibility index (Phi) is 3.90. The summed E-state index contributed by atoms with van der Waals surface area (Å²) in [7, 11) is 2.62. The number of amides is 1. The van der Waals surface area contributed by atoms with Gasteiger partial charge in [0.2, 0.25) is 0 Å². The smallest absolute Gasteiger partial charge is 0.471 e. The number of benzene rings is 1. The Morgan fingerprint density at radius 2 is 1.77 bits per heavy atom. The van der Waals surface area contributed by atoms with Crippen molar-refractivity contribution in [3.05, 3.63) is 17.7 Å². The highest BCUT2D eigenvalue weighted by Crippen LogP contribution is 2.42. The molecule has 0 aliphatic carbocycles. The molecule has 1 amide bonds. The van der Waals surface area contributed by atoms with Crippen molar-refractivity contribution in [3.8, 4) is 11.5 Å². The molecule has 1 aliphatic rings. The van der Waals surface area contributed by atoms with E-state index in [-0.39, 0.29) is 34.1 Å². The molecule has 1 aromatic rings. The number of carboxylic acids is 1. The van der Waals surface area contributed by atoms with E-state index in [0.717, 1.165) is 0 Å². The molecule has 0 aromatic heterocycles. The van der Waals surface area contributed by atoms with E-state index in [1.807, 2.05) is 0 Å². The molecule has 0 spiro atoms. The van der Waals surface area contributed by atoms with Gasteiger partial charge in [-0.3, -0.25) is 9.69 Å². The number of ether oxygens (including phenoxy) is 2. The van der Waals surface area contributed by atoms with Gasteiger partial charge < -0.3 is 14.6 Å². The molecule has 6 nitrogen and oxygen atoms in total. The molecule has 9 heteroatoms. The van der Waals surface area contributed by atoms with Crippen LogP contribution in [0.1, 0.15) is 5.56 Å². The van der Waals surface area contributed by atoms with Gasteiger partial charge in [-0.05, 0) is 11.6 Å². The zero-order valence-corrected chi connectivity index (χ0v) is 11.6. The van der Waals surface area contributed by atoms with E-state index in [4.69, 9.17) is 14.6 Å². The van der Waals surface area contributed by atoms with Gasteiger partial charge >= 0.3 is 18.1 Å². The van der Waals surface area contributed by atoms with Crippen molar-refractivity contribution in [1.82, 2.24) is 0 Å². The Morgan fingerprint density at radius 3 is 2.23 bits per heavy atom. The Labute approximate surface area is 123 Å². The molecule has 0 fully saturated rings. The lowest BCUT2D eigenvalue weighted by Gasteiger charge is -2.24. The Morgan fingerprint density at radius 1 is 1.23 bits per heavy atom. The molecule has 0 saturated carbocycles. The van der Waals surface area contributed by atoms with Gasteiger partial charge in [-0.2, -0.15) is 13.2 Å². The van der Waals surface area contributed by atoms with Crippen molar-refractivity contribution in [1.29, 1.82) is 0 Å². The first kappa shape index (κ1) is 15.9. The first-order chi connectivity index (χ1) is 10.2. The number of carboxylic acid groups (broad SMARTS) is 1. The average Bonchev–Trinajstić information content (AvgIpc) is 2.82. The molecule has 1 atom stereocenters. The van der Waals surface area contributed by atoms with Gasteiger partial charge in [0.05, 0.1) is 19.9 Å². The molecule has 2 rings (SSSR count). The first-order valence-corrected chi connectivity index (χ1v) is 6.08. The van der Waals surface area contributed by atoms with Gasteiger partial charge in [0.25, 0.3) is 0 Å². The number of nitrogens with zero attached hydrogens (tertiary/aromatic N) is 1. The van der Waals surface area contributed by atoms with Crippen LogP contribution in [-0.4, -0.2) is 43.4 Å². The summed E-state index contributed by atoms with van der Waals surface area (Å²) in [4.78, 5) is 23.0. The molecule has 0 bridgehead atoms. The van der Waals surface area contributed by atoms with Crippen LogP contribution >= 0.6 is 0 Å². The van der Waals surface area contributed by atoms with Crippen molar-refractivity contribution in [2.45, 2.75) is 18.6 Å². The maximum atomic E-state index is 12.7. The minimum atomic E-state index is -5.18. The van der Waals surface area contributed by atoms with E-state index in [1.54, 1.807) is 0 Å². The Balaban J connectivity index is 2.58. The maximum Gasteiger partial charge on any atom is 0.471 e. The largest absolute Gasteiger partial charge is 0.493 e. The van der Waals surface area contributed by atoms with Crippen molar-refractivity contribution >= 4 is 17.6 Å². The summed E-state index contributed by atoms with van der Waals surface area (Å²) in [5, 5.41) is 9.10. The zero-order valence-electron chi connectivity index (χ0n) is 11.6. The third kappa shape index (κ3) is 2.53. The third-order valence-corrected chi connectivity index (χ3v) is 3.32. The number of anilines is 1. The minimum absolute atomic E-state index is 0.104. The topological polar surface area (TPSA) is 76.1 Å². The van der Waals surface area contributed by atoms with Gasteiger partial charge in [-0.15, -0.1) is 0 Å². The molecule has 1 heterocycles. The minimum Gasteiger partial charge on any atom is -0.493 e. The lowest BCUT2D eigenvalue weighted by Crippen LogP contribution is -2.48. The van der Waals surface area contributed by atoms with Crippen molar-refractivity contribution in [3.63, 3.8) is 0 Å². The van der Waals surface area contributed by atoms with E-state index in [1.165, 1.54) is 26.4 Å². The number of carbonyl (C=O) groups is 2. The number of fused-ring (bicyclic) bond motifs is 1. The summed E-state index contributed by atoms with van der Waals surface area (Å²) in [6, 6.07) is 0.912. The standard InChI is InChI=1S/C13H12F3NO5/c1-21-9-4-6-3-8(11(18)19)17(12(20)13(14,15)16)7(6)5-10(9)22-2/h4-5,8H,3H2,1-2H3,(H,18,19). The second-order valence-electron chi connectivity index (χ2n) is 4.57. The highest BCUT2D eigenvalue weighted by molar-refractivity contribution is 6.04. The maximum absolute atomic E-state index is 12.7. The molecule has 1 N–H and O–H groups in total. The van der Waals surface area contributed by atoms with Crippen LogP contribution in [0.4, 0.5) is 18.9 Å². The lowest BCUT2D eigenvalue weighted by molar-refractivity contribution is -0.171. The number of hydrogen-bond acceptors (Lipinski definition) is 4. The number of methoxy groups -OCH3 is 2. The fourth-order valence-corrected chi connectivity index (χ4v) is 2.35. The lowest BCUT2D eigenvalue weighted by atomic mass is 10.1. The molecular weight excluding hydrogens is 307 g/mol. The van der Waals surface area contributed by atoms with Crippen LogP contribution in [0, 0.1) is 0 Å². The number of carbonyl (C=O) groups excluding carboxylic acids is 1. The van der Waals surface area contributed by atoms with Crippen LogP contribution in [0.25, 0.3) is 0 Å². The number of rotatable bonds is 3. The van der Waals surface area contributed by atoms with E-state index < -0.39 is 24.1 Å². The SMILES string of the molecule is COc1cc2c(cc1OC)N(C(=O)C(F)(F)F)C(C(=O)O)C2. The highest BCUT2D eigenvalue weighted by Gasteiger charge is 2.50. The fourth-order valence-electron chi connectivity index (χ4n) is 2.35. The van der Waals surface area contributed by atoms with Gasteiger partial charge in [0.15, 0.2) is 11.5 Å². The van der Waals surface area contributed by atoms with E-state index >= 15 is 0 Å². The zero-order chi connectivity index (χ0) is 16.7. The van der Waals surface area contributed by atoms with Crippen molar-refractivity contribution in [2.75, 3.05) is 19.1 Å². The molecule has 1 aliphatic heterocycles. The summed E-state index contributed by atoms with van der Waals surface area (Å²) in [6.07, 6.45) is -5.42. The highest BCUT2D eigenvalue weighted by atomic mass is 19.4. The Hall–Kier alpha value is -2.45. The number of halogens is 3. The normalized spacial score (nSPS) is 17.1. The van der Waals surface area contributed by atoms with Crippen LogP contribution in [-0.2, 0) is 16.0 Å². The van der Waals surface area contributed by atoms with Gasteiger partial charge in [-0.25, -0.2) is 4.79 Å². The summed E-state index contributed by atoms with van der Waals surface area (Å²) in [5.74, 6) is -3.41. The average molecular weight is 319 g/mol. The van der Waals surface area contributed by atoms with Crippen molar-refractivity contribution < 1.29 is 37.3 Å². The monoisotopic (exact) mass is 319 g/mol. The van der Waals surface area contributed by atoms with E-state index in [2.05, 4.69) is 0 Å². The van der Waals surface area contributed by atoms with Crippen LogP contribution in [0.3, 0.4) is 0 Å². The van der Waals surface area contributed by atoms with Gasteiger partial charge in [0, 0.05) is 12.5 Å².